The molecule has 1 atom stereocenters. The van der Waals surface area contributed by atoms with Gasteiger partial charge in [-0.3, -0.25) is 9.78 Å². The smallest absolute Gasteiger partial charge is 0.253 e. The van der Waals surface area contributed by atoms with E-state index in [0.29, 0.717) is 17.7 Å². The van der Waals surface area contributed by atoms with Gasteiger partial charge in [0.15, 0.2) is 0 Å². The van der Waals surface area contributed by atoms with E-state index in [0.717, 1.165) is 27.9 Å². The molecule has 0 fully saturated rings. The highest BCUT2D eigenvalue weighted by atomic mass is 19.1. The van der Waals surface area contributed by atoms with Crippen LogP contribution in [0.4, 0.5) is 4.39 Å². The minimum absolute atomic E-state index is 0.0717. The van der Waals surface area contributed by atoms with Gasteiger partial charge in [0.1, 0.15) is 17.2 Å². The van der Waals surface area contributed by atoms with Crippen molar-refractivity contribution in [3.8, 4) is 23.1 Å². The lowest BCUT2D eigenvalue weighted by Crippen LogP contribution is -2.30. The van der Waals surface area contributed by atoms with Crippen molar-refractivity contribution < 1.29 is 4.39 Å². The van der Waals surface area contributed by atoms with E-state index in [2.05, 4.69) is 16.8 Å². The number of halogens is 1. The van der Waals surface area contributed by atoms with Crippen molar-refractivity contribution in [1.82, 2.24) is 9.55 Å². The molecule has 0 spiro atoms. The summed E-state index contributed by atoms with van der Waals surface area (Å²) in [5, 5.41) is 0. The third-order valence-corrected chi connectivity index (χ3v) is 6.58. The van der Waals surface area contributed by atoms with Crippen LogP contribution < -0.4 is 11.3 Å². The van der Waals surface area contributed by atoms with Crippen molar-refractivity contribution in [1.29, 1.82) is 0 Å². The van der Waals surface area contributed by atoms with Crippen LogP contribution in [0.2, 0.25) is 0 Å². The summed E-state index contributed by atoms with van der Waals surface area (Å²) in [5.74, 6) is 5.68. The average molecular weight is 477 g/mol. The van der Waals surface area contributed by atoms with Gasteiger partial charge in [0.2, 0.25) is 0 Å². The maximum absolute atomic E-state index is 15.0. The number of hydrogen-bond donors (Lipinski definition) is 1. The van der Waals surface area contributed by atoms with Gasteiger partial charge in [0.25, 0.3) is 5.56 Å². The molecule has 0 amide bonds. The van der Waals surface area contributed by atoms with Crippen LogP contribution in [0.15, 0.2) is 82.8 Å². The topological polar surface area (TPSA) is 73.3 Å². The molecule has 1 unspecified atom stereocenters. The van der Waals surface area contributed by atoms with Gasteiger partial charge in [-0.2, -0.15) is 0 Å². The highest BCUT2D eigenvalue weighted by Crippen LogP contribution is 2.47. The van der Waals surface area contributed by atoms with Crippen LogP contribution in [0.3, 0.4) is 0 Å². The van der Waals surface area contributed by atoms with Crippen molar-refractivity contribution in [3.63, 3.8) is 0 Å². The second kappa shape index (κ2) is 8.94. The van der Waals surface area contributed by atoms with E-state index < -0.39 is 11.4 Å². The predicted octanol–water partition coefficient (Wildman–Crippen LogP) is 4.76. The summed E-state index contributed by atoms with van der Waals surface area (Å²) in [5.41, 5.74) is 10.7. The molecule has 0 saturated heterocycles. The van der Waals surface area contributed by atoms with E-state index in [1.807, 2.05) is 55.5 Å². The molecule has 1 aliphatic heterocycles. The number of nitrogens with two attached hydrogens (primary N) is 1. The van der Waals surface area contributed by atoms with Gasteiger partial charge in [-0.25, -0.2) is 9.38 Å². The fourth-order valence-corrected chi connectivity index (χ4v) is 4.92. The van der Waals surface area contributed by atoms with Crippen LogP contribution in [-0.4, -0.2) is 15.4 Å². The average Bonchev–Trinajstić information content (AvgIpc) is 3.20. The number of aliphatic imine (C=N–C) groups is 1. The molecule has 0 bridgehead atoms. The third kappa shape index (κ3) is 3.61. The summed E-state index contributed by atoms with van der Waals surface area (Å²) >= 11 is 0. The minimum atomic E-state index is -1.13. The number of benzene rings is 2. The summed E-state index contributed by atoms with van der Waals surface area (Å²) in [4.78, 5) is 22.2. The summed E-state index contributed by atoms with van der Waals surface area (Å²) in [6, 6.07) is 18.4. The van der Waals surface area contributed by atoms with E-state index in [9.17, 15) is 4.79 Å². The van der Waals surface area contributed by atoms with Gasteiger partial charge < -0.3 is 10.3 Å². The molecule has 178 valence electrons. The Morgan fingerprint density at radius 2 is 1.89 bits per heavy atom. The Labute approximate surface area is 209 Å². The van der Waals surface area contributed by atoms with Gasteiger partial charge in [0, 0.05) is 46.8 Å². The monoisotopic (exact) mass is 476 g/mol. The minimum Gasteiger partial charge on any atom is -0.383 e. The Balaban J connectivity index is 1.82. The van der Waals surface area contributed by atoms with Crippen LogP contribution in [0.25, 0.3) is 11.3 Å². The first-order chi connectivity index (χ1) is 17.4. The largest absolute Gasteiger partial charge is 0.383 e. The normalized spacial score (nSPS) is 16.2. The van der Waals surface area contributed by atoms with E-state index in [-0.39, 0.29) is 17.0 Å². The molecule has 0 aliphatic carbocycles. The molecule has 1 aliphatic rings. The molecule has 0 saturated carbocycles. The third-order valence-electron chi connectivity index (χ3n) is 6.58. The molecular weight excluding hydrogens is 451 g/mol. The molecule has 5 rings (SSSR count). The summed E-state index contributed by atoms with van der Waals surface area (Å²) < 4.78 is 16.7. The molecule has 6 heteroatoms. The quantitative estimate of drug-likeness (QED) is 0.432. The zero-order valence-electron chi connectivity index (χ0n) is 20.3. The molecule has 3 heterocycles. The Bertz CT molecular complexity index is 1660. The lowest BCUT2D eigenvalue weighted by molar-refractivity contribution is 0.610. The molecule has 2 aromatic heterocycles. The lowest BCUT2D eigenvalue weighted by Gasteiger charge is -2.30. The van der Waals surface area contributed by atoms with Crippen molar-refractivity contribution in [2.45, 2.75) is 32.9 Å². The maximum Gasteiger partial charge on any atom is 0.253 e. The molecular formula is C30H25FN4O. The van der Waals surface area contributed by atoms with Crippen LogP contribution in [-0.2, 0) is 12.1 Å². The first-order valence-electron chi connectivity index (χ1n) is 11.7. The number of rotatable bonds is 4. The molecule has 0 radical (unpaired) electrons. The highest BCUT2D eigenvalue weighted by Gasteiger charge is 2.44. The number of hydrogen-bond acceptors (Lipinski definition) is 4. The Morgan fingerprint density at radius 1 is 1.08 bits per heavy atom. The summed E-state index contributed by atoms with van der Waals surface area (Å²) in [6.45, 7) is 5.98. The second-order valence-corrected chi connectivity index (χ2v) is 8.76. The van der Waals surface area contributed by atoms with Gasteiger partial charge in [0.05, 0.1) is 11.3 Å². The predicted molar refractivity (Wildman–Crippen MR) is 140 cm³/mol. The fraction of sp³-hybridized carbons (Fsp3) is 0.167. The van der Waals surface area contributed by atoms with Crippen LogP contribution in [0.1, 0.15) is 47.2 Å². The highest BCUT2D eigenvalue weighted by molar-refractivity contribution is 6.03. The SMILES string of the molecule is CC#Cc1ccnc(-c2cccc(C3(c4cc(C)c(=O)n(CC)c4)N=C(N)c4c(F)cccc43)c2)c1. The number of pyridine rings is 2. The maximum atomic E-state index is 15.0. The number of nitrogens with zero attached hydrogens (tertiary/aromatic N) is 3. The lowest BCUT2D eigenvalue weighted by atomic mass is 9.77. The number of amidine groups is 1. The molecule has 2 N–H and O–H groups in total. The van der Waals surface area contributed by atoms with Crippen LogP contribution in [0, 0.1) is 24.6 Å². The first kappa shape index (κ1) is 23.3. The van der Waals surface area contributed by atoms with Crippen LogP contribution in [0.5, 0.6) is 0 Å². The van der Waals surface area contributed by atoms with Crippen molar-refractivity contribution >= 4 is 5.84 Å². The van der Waals surface area contributed by atoms with Gasteiger partial charge >= 0.3 is 0 Å². The van der Waals surface area contributed by atoms with E-state index in [1.54, 1.807) is 36.9 Å². The van der Waals surface area contributed by atoms with E-state index >= 15 is 4.39 Å². The van der Waals surface area contributed by atoms with Gasteiger partial charge in [-0.1, -0.05) is 36.3 Å². The standard InChI is InChI=1S/C30H25FN4O/c1-4-8-20-13-14-33-26(16-20)21-9-6-10-22(17-21)30(23-15-19(3)29(36)35(5-2)18-23)24-11-7-12-25(31)27(24)28(32)34-30/h6-7,9-18H,5H2,1-3H3,(H2,32,34). The summed E-state index contributed by atoms with van der Waals surface area (Å²) in [7, 11) is 0. The van der Waals surface area contributed by atoms with Crippen molar-refractivity contribution in [3.05, 3.63) is 123 Å². The Morgan fingerprint density at radius 3 is 2.67 bits per heavy atom. The molecule has 5 nitrogen and oxygen atoms in total. The number of fused-ring (bicyclic) bond motifs is 1. The second-order valence-electron chi connectivity index (χ2n) is 8.76. The van der Waals surface area contributed by atoms with Crippen molar-refractivity contribution in [2.24, 2.45) is 10.7 Å². The molecule has 36 heavy (non-hydrogen) atoms. The molecule has 4 aromatic rings. The zero-order chi connectivity index (χ0) is 25.4. The molecule has 2 aromatic carbocycles. The Kier molecular flexibility index (Phi) is 5.77. The van der Waals surface area contributed by atoms with Crippen molar-refractivity contribution in [2.75, 3.05) is 0 Å². The van der Waals surface area contributed by atoms with Crippen LogP contribution >= 0.6 is 0 Å². The summed E-state index contributed by atoms with van der Waals surface area (Å²) in [6.07, 6.45) is 3.53. The van der Waals surface area contributed by atoms with E-state index in [1.165, 1.54) is 6.07 Å². The number of aromatic nitrogens is 2. The van der Waals surface area contributed by atoms with E-state index in [4.69, 9.17) is 10.7 Å². The van der Waals surface area contributed by atoms with Gasteiger partial charge in [-0.05, 0) is 56.7 Å². The zero-order valence-corrected chi connectivity index (χ0v) is 20.3. The fourth-order valence-electron chi connectivity index (χ4n) is 4.92. The Hall–Kier alpha value is -4.50. The number of aryl methyl sites for hydroxylation is 2. The first-order valence-corrected chi connectivity index (χ1v) is 11.7. The van der Waals surface area contributed by atoms with Gasteiger partial charge in [-0.15, -0.1) is 5.92 Å².